The van der Waals surface area contributed by atoms with Crippen LogP contribution in [0.1, 0.15) is 56.8 Å². The Balaban J connectivity index is 1.79. The van der Waals surface area contributed by atoms with Crippen molar-refractivity contribution in [2.45, 2.75) is 57.4 Å². The monoisotopic (exact) mass is 408 g/mol. The second kappa shape index (κ2) is 7.76. The van der Waals surface area contributed by atoms with E-state index >= 15 is 0 Å². The molecule has 0 aromatic heterocycles. The van der Waals surface area contributed by atoms with E-state index < -0.39 is 10.0 Å². The van der Waals surface area contributed by atoms with Gasteiger partial charge in [-0.25, -0.2) is 8.42 Å². The zero-order valence-corrected chi connectivity index (χ0v) is 18.1. The summed E-state index contributed by atoms with van der Waals surface area (Å²) in [5, 5.41) is 2.81. The molecule has 28 heavy (non-hydrogen) atoms. The van der Waals surface area contributed by atoms with Crippen LogP contribution in [-0.2, 0) is 14.8 Å². The molecule has 156 valence electrons. The molecular formula is C21H32N2O4S. The predicted molar refractivity (Wildman–Crippen MR) is 109 cm³/mol. The van der Waals surface area contributed by atoms with Crippen molar-refractivity contribution in [1.82, 2.24) is 9.62 Å². The maximum absolute atomic E-state index is 13.4. The zero-order chi connectivity index (χ0) is 20.6. The molecule has 2 aliphatic rings. The van der Waals surface area contributed by atoms with Gasteiger partial charge in [0.2, 0.25) is 10.0 Å². The largest absolute Gasteiger partial charge is 0.385 e. The van der Waals surface area contributed by atoms with Gasteiger partial charge in [0.25, 0.3) is 5.91 Å². The Morgan fingerprint density at radius 3 is 2.75 bits per heavy atom. The Bertz CT molecular complexity index is 837. The molecule has 0 unspecified atom stereocenters. The Morgan fingerprint density at radius 2 is 2.04 bits per heavy atom. The molecule has 7 heteroatoms. The lowest BCUT2D eigenvalue weighted by Crippen LogP contribution is -2.37. The molecule has 1 saturated heterocycles. The van der Waals surface area contributed by atoms with E-state index in [9.17, 15) is 13.2 Å². The first-order valence-corrected chi connectivity index (χ1v) is 11.4. The number of carbonyl (C=O) groups is 1. The highest BCUT2D eigenvalue weighted by Crippen LogP contribution is 2.53. The molecule has 0 radical (unpaired) electrons. The van der Waals surface area contributed by atoms with E-state index in [4.69, 9.17) is 4.74 Å². The highest BCUT2D eigenvalue weighted by Gasteiger charge is 2.53. The summed E-state index contributed by atoms with van der Waals surface area (Å²) >= 11 is 0. The summed E-state index contributed by atoms with van der Waals surface area (Å²) in [5.41, 5.74) is 0.536. The van der Waals surface area contributed by atoms with Crippen LogP contribution >= 0.6 is 0 Å². The molecule has 1 aromatic carbocycles. The van der Waals surface area contributed by atoms with Gasteiger partial charge >= 0.3 is 0 Å². The molecule has 2 bridgehead atoms. The van der Waals surface area contributed by atoms with Gasteiger partial charge in [-0.15, -0.1) is 0 Å². The topological polar surface area (TPSA) is 75.7 Å². The summed E-state index contributed by atoms with van der Waals surface area (Å²) < 4.78 is 33.4. The van der Waals surface area contributed by atoms with E-state index in [1.165, 1.54) is 6.07 Å². The van der Waals surface area contributed by atoms with Gasteiger partial charge in [-0.3, -0.25) is 4.79 Å². The number of hydrogen-bond acceptors (Lipinski definition) is 4. The predicted octanol–water partition coefficient (Wildman–Crippen LogP) is 3.04. The smallest absolute Gasteiger partial charge is 0.251 e. The molecule has 1 aliphatic carbocycles. The third-order valence-electron chi connectivity index (χ3n) is 5.88. The molecule has 2 atom stereocenters. The number of benzene rings is 1. The molecular weight excluding hydrogens is 376 g/mol. The van der Waals surface area contributed by atoms with E-state index in [2.05, 4.69) is 26.1 Å². The van der Waals surface area contributed by atoms with E-state index in [1.807, 2.05) is 0 Å². The van der Waals surface area contributed by atoms with Crippen LogP contribution in [-0.4, -0.2) is 51.5 Å². The minimum absolute atomic E-state index is 0.0236. The third-order valence-corrected chi connectivity index (χ3v) is 7.77. The normalized spacial score (nSPS) is 26.9. The second-order valence-electron chi connectivity index (χ2n) is 9.39. The SMILES string of the molecule is COCCCNC(=O)c1cccc(S(=O)(=O)N2C[C@]3(C)C[C@@H]2CC(C)(C)C3)c1. The number of methoxy groups -OCH3 is 1. The first kappa shape index (κ1) is 21.3. The molecule has 6 nitrogen and oxygen atoms in total. The van der Waals surface area contributed by atoms with Gasteiger partial charge in [-0.2, -0.15) is 4.31 Å². The highest BCUT2D eigenvalue weighted by atomic mass is 32.2. The molecule has 1 aliphatic heterocycles. The standard InChI is InChI=1S/C21H32N2O4S/c1-20(2)12-17-13-21(3,14-20)15-23(17)28(25,26)18-8-5-7-16(11-18)19(24)22-9-6-10-27-4/h5,7-8,11,17H,6,9-10,12-15H2,1-4H3,(H,22,24)/t17-,21+/m0/s1. The number of nitrogens with zero attached hydrogens (tertiary/aromatic N) is 1. The van der Waals surface area contributed by atoms with Gasteiger partial charge < -0.3 is 10.1 Å². The van der Waals surface area contributed by atoms with Crippen LogP contribution in [0.2, 0.25) is 0 Å². The average Bonchev–Trinajstić information content (AvgIpc) is 2.88. The maximum Gasteiger partial charge on any atom is 0.251 e. The number of hydrogen-bond donors (Lipinski definition) is 1. The van der Waals surface area contributed by atoms with Gasteiger partial charge in [0.05, 0.1) is 4.90 Å². The summed E-state index contributed by atoms with van der Waals surface area (Å²) in [7, 11) is -2.02. The van der Waals surface area contributed by atoms with Crippen LogP contribution in [0.15, 0.2) is 29.2 Å². The average molecular weight is 409 g/mol. The maximum atomic E-state index is 13.4. The summed E-state index contributed by atoms with van der Waals surface area (Å²) in [5.74, 6) is -0.263. The summed E-state index contributed by atoms with van der Waals surface area (Å²) in [6.07, 6.45) is 3.54. The van der Waals surface area contributed by atoms with E-state index in [1.54, 1.807) is 29.6 Å². The molecule has 1 heterocycles. The summed E-state index contributed by atoms with van der Waals surface area (Å²) in [6, 6.07) is 6.41. The lowest BCUT2D eigenvalue weighted by Gasteiger charge is -2.39. The van der Waals surface area contributed by atoms with E-state index in [0.29, 0.717) is 31.7 Å². The van der Waals surface area contributed by atoms with Crippen LogP contribution in [0.25, 0.3) is 0 Å². The number of fused-ring (bicyclic) bond motifs is 2. The Kier molecular flexibility index (Phi) is 5.90. The number of sulfonamides is 1. The van der Waals surface area contributed by atoms with Gasteiger partial charge in [-0.1, -0.05) is 26.8 Å². The van der Waals surface area contributed by atoms with E-state index in [0.717, 1.165) is 19.3 Å². The van der Waals surface area contributed by atoms with Crippen molar-refractivity contribution in [2.75, 3.05) is 26.8 Å². The van der Waals surface area contributed by atoms with Gasteiger partial charge in [0, 0.05) is 38.4 Å². The van der Waals surface area contributed by atoms with E-state index in [-0.39, 0.29) is 27.7 Å². The van der Waals surface area contributed by atoms with Gasteiger partial charge in [-0.05, 0) is 54.7 Å². The van der Waals surface area contributed by atoms with Crippen molar-refractivity contribution in [3.8, 4) is 0 Å². The first-order valence-electron chi connectivity index (χ1n) is 9.95. The summed E-state index contributed by atoms with van der Waals surface area (Å²) in [6.45, 7) is 8.26. The quantitative estimate of drug-likeness (QED) is 0.704. The Labute approximate surface area is 168 Å². The number of carbonyl (C=O) groups excluding carboxylic acids is 1. The molecule has 1 amide bonds. The minimum Gasteiger partial charge on any atom is -0.385 e. The van der Waals surface area contributed by atoms with Crippen molar-refractivity contribution in [3.63, 3.8) is 0 Å². The van der Waals surface area contributed by atoms with Crippen molar-refractivity contribution in [3.05, 3.63) is 29.8 Å². The Morgan fingerprint density at radius 1 is 1.29 bits per heavy atom. The van der Waals surface area contributed by atoms with Gasteiger partial charge in [0.15, 0.2) is 0 Å². The van der Waals surface area contributed by atoms with Crippen molar-refractivity contribution < 1.29 is 17.9 Å². The number of ether oxygens (including phenoxy) is 1. The second-order valence-corrected chi connectivity index (χ2v) is 11.3. The van der Waals surface area contributed by atoms with Gasteiger partial charge in [0.1, 0.15) is 0 Å². The lowest BCUT2D eigenvalue weighted by molar-refractivity contribution is 0.0948. The lowest BCUT2D eigenvalue weighted by atomic mass is 9.65. The highest BCUT2D eigenvalue weighted by molar-refractivity contribution is 7.89. The molecule has 2 fully saturated rings. The molecule has 1 aromatic rings. The molecule has 3 rings (SSSR count). The number of nitrogens with one attached hydrogen (secondary N) is 1. The van der Waals surface area contributed by atoms with Crippen LogP contribution in [0, 0.1) is 10.8 Å². The zero-order valence-electron chi connectivity index (χ0n) is 17.3. The fourth-order valence-electron chi connectivity index (χ4n) is 5.14. The van der Waals surface area contributed by atoms with Crippen LogP contribution < -0.4 is 5.32 Å². The fourth-order valence-corrected chi connectivity index (χ4v) is 6.96. The van der Waals surface area contributed by atoms with Crippen LogP contribution in [0.5, 0.6) is 0 Å². The molecule has 0 spiro atoms. The fraction of sp³-hybridized carbons (Fsp3) is 0.667. The number of amides is 1. The summed E-state index contributed by atoms with van der Waals surface area (Å²) in [4.78, 5) is 12.6. The minimum atomic E-state index is -3.63. The molecule has 1 saturated carbocycles. The third kappa shape index (κ3) is 4.42. The first-order chi connectivity index (χ1) is 13.1. The van der Waals surface area contributed by atoms with Crippen LogP contribution in [0.4, 0.5) is 0 Å². The van der Waals surface area contributed by atoms with Crippen molar-refractivity contribution in [1.29, 1.82) is 0 Å². The van der Waals surface area contributed by atoms with Crippen molar-refractivity contribution in [2.24, 2.45) is 10.8 Å². The molecule has 1 N–H and O–H groups in total. The number of rotatable bonds is 7. The van der Waals surface area contributed by atoms with Crippen molar-refractivity contribution >= 4 is 15.9 Å². The Hall–Kier alpha value is -1.44. The van der Waals surface area contributed by atoms with Crippen LogP contribution in [0.3, 0.4) is 0 Å².